The Hall–Kier alpha value is -1.62. The van der Waals surface area contributed by atoms with Crippen molar-refractivity contribution in [2.75, 3.05) is 0 Å². The standard InChI is InChI=1S/C8H7ClN3O2/c1-10-6-4-2-3-5-11(6)8(7(10)9)12(13)14/h2-5H,1H3/q+1. The molecule has 0 aliphatic rings. The molecule has 0 saturated heterocycles. The number of aromatic nitrogens is 2. The molecule has 0 fully saturated rings. The normalized spacial score (nSPS) is 10.7. The first-order valence-electron chi connectivity index (χ1n) is 3.92. The van der Waals surface area contributed by atoms with Crippen molar-refractivity contribution in [1.82, 2.24) is 4.40 Å². The van der Waals surface area contributed by atoms with E-state index in [2.05, 4.69) is 0 Å². The third-order valence-corrected chi connectivity index (χ3v) is 2.48. The number of nitro groups is 1. The molecule has 0 radical (unpaired) electrons. The minimum atomic E-state index is -0.491. The Labute approximate surface area is 84.3 Å². The molecular weight excluding hydrogens is 206 g/mol. The summed E-state index contributed by atoms with van der Waals surface area (Å²) < 4.78 is 3.02. The Morgan fingerprint density at radius 2 is 2.29 bits per heavy atom. The van der Waals surface area contributed by atoms with Crippen LogP contribution >= 0.6 is 11.6 Å². The molecule has 5 nitrogen and oxygen atoms in total. The number of rotatable bonds is 1. The highest BCUT2D eigenvalue weighted by molar-refractivity contribution is 6.30. The Morgan fingerprint density at radius 3 is 2.93 bits per heavy atom. The second-order valence-corrected chi connectivity index (χ2v) is 3.22. The van der Waals surface area contributed by atoms with Crippen LogP contribution in [0.4, 0.5) is 5.82 Å². The first-order chi connectivity index (χ1) is 6.63. The van der Waals surface area contributed by atoms with Gasteiger partial charge in [0, 0.05) is 6.07 Å². The van der Waals surface area contributed by atoms with Crippen LogP contribution in [0.1, 0.15) is 0 Å². The van der Waals surface area contributed by atoms with Gasteiger partial charge in [-0.25, -0.2) is 4.57 Å². The van der Waals surface area contributed by atoms with Crippen LogP contribution in [-0.2, 0) is 7.05 Å². The second kappa shape index (κ2) is 2.95. The summed E-state index contributed by atoms with van der Waals surface area (Å²) in [4.78, 5) is 10.2. The third kappa shape index (κ3) is 1.06. The van der Waals surface area contributed by atoms with Gasteiger partial charge in [0.05, 0.1) is 7.05 Å². The van der Waals surface area contributed by atoms with Gasteiger partial charge in [-0.05, 0) is 22.6 Å². The molecular formula is C8H7ClN3O2+. The van der Waals surface area contributed by atoms with Crippen LogP contribution in [0.3, 0.4) is 0 Å². The van der Waals surface area contributed by atoms with E-state index in [9.17, 15) is 10.1 Å². The number of halogens is 1. The summed E-state index contributed by atoms with van der Waals surface area (Å²) in [5.74, 6) is -0.107. The maximum Gasteiger partial charge on any atom is 0.390 e. The van der Waals surface area contributed by atoms with Gasteiger partial charge in [0.15, 0.2) is 0 Å². The number of aryl methyl sites for hydroxylation is 1. The average Bonchev–Trinajstić information content (AvgIpc) is 2.41. The largest absolute Gasteiger partial charge is 0.390 e. The predicted octanol–water partition coefficient (Wildman–Crippen LogP) is 1.33. The van der Waals surface area contributed by atoms with Crippen molar-refractivity contribution in [3.05, 3.63) is 39.7 Å². The fraction of sp³-hybridized carbons (Fsp3) is 0.125. The van der Waals surface area contributed by atoms with Gasteiger partial charge in [0.25, 0.3) is 10.8 Å². The lowest BCUT2D eigenvalue weighted by Gasteiger charge is -1.90. The molecule has 0 saturated carbocycles. The number of nitrogens with zero attached hydrogens (tertiary/aromatic N) is 3. The molecule has 2 aromatic rings. The van der Waals surface area contributed by atoms with Crippen molar-refractivity contribution >= 4 is 23.1 Å². The van der Waals surface area contributed by atoms with E-state index in [1.54, 1.807) is 36.0 Å². The molecule has 14 heavy (non-hydrogen) atoms. The first-order valence-corrected chi connectivity index (χ1v) is 4.29. The van der Waals surface area contributed by atoms with Crippen molar-refractivity contribution in [1.29, 1.82) is 0 Å². The smallest absolute Gasteiger partial charge is 0.358 e. The molecule has 0 aliphatic carbocycles. The van der Waals surface area contributed by atoms with Crippen molar-refractivity contribution < 1.29 is 9.49 Å². The third-order valence-electron chi connectivity index (χ3n) is 2.06. The van der Waals surface area contributed by atoms with Gasteiger partial charge < -0.3 is 10.1 Å². The molecule has 2 aromatic heterocycles. The van der Waals surface area contributed by atoms with E-state index in [1.807, 2.05) is 0 Å². The topological polar surface area (TPSA) is 51.4 Å². The lowest BCUT2D eigenvalue weighted by Crippen LogP contribution is -2.27. The molecule has 0 amide bonds. The van der Waals surface area contributed by atoms with Gasteiger partial charge >= 0.3 is 5.82 Å². The van der Waals surface area contributed by atoms with Crippen LogP contribution < -0.4 is 4.57 Å². The molecule has 0 spiro atoms. The summed E-state index contributed by atoms with van der Waals surface area (Å²) in [6.45, 7) is 0. The summed E-state index contributed by atoms with van der Waals surface area (Å²) in [6, 6.07) is 5.28. The van der Waals surface area contributed by atoms with Gasteiger partial charge in [0.2, 0.25) is 0 Å². The van der Waals surface area contributed by atoms with E-state index in [0.717, 1.165) is 0 Å². The van der Waals surface area contributed by atoms with E-state index in [0.29, 0.717) is 5.65 Å². The average molecular weight is 213 g/mol. The summed E-state index contributed by atoms with van der Waals surface area (Å²) in [7, 11) is 1.69. The molecule has 0 bridgehead atoms. The summed E-state index contributed by atoms with van der Waals surface area (Å²) in [5.41, 5.74) is 0.684. The maximum atomic E-state index is 10.7. The molecule has 0 N–H and O–H groups in total. The van der Waals surface area contributed by atoms with Crippen LogP contribution in [0.5, 0.6) is 0 Å². The zero-order valence-corrected chi connectivity index (χ0v) is 8.10. The maximum absolute atomic E-state index is 10.7. The van der Waals surface area contributed by atoms with E-state index in [-0.39, 0.29) is 11.0 Å². The second-order valence-electron chi connectivity index (χ2n) is 2.86. The number of imidazole rings is 1. The fourth-order valence-corrected chi connectivity index (χ4v) is 1.65. The van der Waals surface area contributed by atoms with Crippen LogP contribution in [0.2, 0.25) is 5.15 Å². The fourth-order valence-electron chi connectivity index (χ4n) is 1.40. The molecule has 0 atom stereocenters. The summed E-state index contributed by atoms with van der Waals surface area (Å²) in [6.07, 6.45) is 1.61. The Kier molecular flexibility index (Phi) is 1.89. The zero-order chi connectivity index (χ0) is 10.3. The SMILES string of the molecule is C[n+]1c(Cl)c([N+](=O)[O-])n2ccccc21. The van der Waals surface area contributed by atoms with E-state index >= 15 is 0 Å². The van der Waals surface area contributed by atoms with E-state index in [4.69, 9.17) is 11.6 Å². The first kappa shape index (κ1) is 8.96. The molecule has 6 heteroatoms. The molecule has 0 aromatic carbocycles. The van der Waals surface area contributed by atoms with Gasteiger partial charge in [-0.2, -0.15) is 4.40 Å². The molecule has 72 valence electrons. The quantitative estimate of drug-likeness (QED) is 0.407. The predicted molar refractivity (Wildman–Crippen MR) is 50.2 cm³/mol. The monoisotopic (exact) mass is 212 g/mol. The Morgan fingerprint density at radius 1 is 1.57 bits per heavy atom. The number of hydrogen-bond donors (Lipinski definition) is 0. The summed E-state index contributed by atoms with van der Waals surface area (Å²) >= 11 is 5.83. The van der Waals surface area contributed by atoms with E-state index < -0.39 is 4.92 Å². The van der Waals surface area contributed by atoms with Crippen molar-refractivity contribution in [3.63, 3.8) is 0 Å². The van der Waals surface area contributed by atoms with Gasteiger partial charge in [0.1, 0.15) is 6.20 Å². The van der Waals surface area contributed by atoms with Crippen LogP contribution in [0.25, 0.3) is 5.65 Å². The van der Waals surface area contributed by atoms with E-state index in [1.165, 1.54) is 4.40 Å². The lowest BCUT2D eigenvalue weighted by atomic mass is 10.5. The van der Waals surface area contributed by atoms with Crippen molar-refractivity contribution in [3.8, 4) is 0 Å². The van der Waals surface area contributed by atoms with Crippen LogP contribution in [0, 0.1) is 10.1 Å². The van der Waals surface area contributed by atoms with Gasteiger partial charge in [-0.3, -0.25) is 0 Å². The zero-order valence-electron chi connectivity index (χ0n) is 7.35. The van der Waals surface area contributed by atoms with Crippen LogP contribution in [-0.4, -0.2) is 9.32 Å². The Balaban J connectivity index is 2.95. The Bertz CT molecular complexity index is 521. The van der Waals surface area contributed by atoms with Crippen molar-refractivity contribution in [2.45, 2.75) is 0 Å². The summed E-state index contributed by atoms with van der Waals surface area (Å²) in [5, 5.41) is 10.9. The lowest BCUT2D eigenvalue weighted by molar-refractivity contribution is -0.643. The highest BCUT2D eigenvalue weighted by Gasteiger charge is 2.26. The van der Waals surface area contributed by atoms with Gasteiger partial charge in [-0.1, -0.05) is 6.07 Å². The minimum Gasteiger partial charge on any atom is -0.358 e. The highest BCUT2D eigenvalue weighted by atomic mass is 35.5. The number of pyridine rings is 1. The molecule has 2 heterocycles. The van der Waals surface area contributed by atoms with Gasteiger partial charge in [-0.15, -0.1) is 0 Å². The van der Waals surface area contributed by atoms with Crippen molar-refractivity contribution in [2.24, 2.45) is 7.05 Å². The number of hydrogen-bond acceptors (Lipinski definition) is 2. The van der Waals surface area contributed by atoms with Crippen LogP contribution in [0.15, 0.2) is 24.4 Å². The highest BCUT2D eigenvalue weighted by Crippen LogP contribution is 2.22. The minimum absolute atomic E-state index is 0.107. The molecule has 0 unspecified atom stereocenters. The molecule has 0 aliphatic heterocycles. The molecule has 2 rings (SSSR count). The number of fused-ring (bicyclic) bond motifs is 1.